The summed E-state index contributed by atoms with van der Waals surface area (Å²) < 4.78 is 34.4. The first kappa shape index (κ1) is 29.6. The molecule has 0 aromatic heterocycles. The van der Waals surface area contributed by atoms with Crippen LogP contribution in [0.4, 0.5) is 0 Å². The molecule has 2 aliphatic heterocycles. The van der Waals surface area contributed by atoms with Crippen molar-refractivity contribution in [2.75, 3.05) is 45.9 Å². The van der Waals surface area contributed by atoms with Crippen molar-refractivity contribution in [3.05, 3.63) is 42.5 Å². The summed E-state index contributed by atoms with van der Waals surface area (Å²) in [5.74, 6) is -0.754. The molecule has 2 atom stereocenters. The molecule has 13 heteroatoms. The third-order valence-electron chi connectivity index (χ3n) is 6.79. The zero-order valence-corrected chi connectivity index (χ0v) is 22.7. The van der Waals surface area contributed by atoms with E-state index in [1.807, 2.05) is 24.3 Å². The maximum atomic E-state index is 13.3. The van der Waals surface area contributed by atoms with Gasteiger partial charge in [-0.2, -0.15) is 4.72 Å². The van der Waals surface area contributed by atoms with Gasteiger partial charge in [-0.3, -0.25) is 15.0 Å². The summed E-state index contributed by atoms with van der Waals surface area (Å²) in [5.41, 5.74) is 5.60. The lowest BCUT2D eigenvalue weighted by Crippen LogP contribution is -2.53. The zero-order chi connectivity index (χ0) is 26.4. The molecule has 2 fully saturated rings. The second-order valence-electron chi connectivity index (χ2n) is 9.47. The van der Waals surface area contributed by atoms with E-state index in [-0.39, 0.29) is 35.6 Å². The van der Waals surface area contributed by atoms with E-state index in [9.17, 15) is 18.0 Å². The molecule has 2 aliphatic rings. The molecule has 0 bridgehead atoms. The molecule has 1 unspecified atom stereocenters. The van der Waals surface area contributed by atoms with Gasteiger partial charge in [0.2, 0.25) is 21.8 Å². The van der Waals surface area contributed by atoms with E-state index in [4.69, 9.17) is 15.9 Å². The van der Waals surface area contributed by atoms with Gasteiger partial charge in [0.15, 0.2) is 5.96 Å². The van der Waals surface area contributed by atoms with Crippen molar-refractivity contribution < 1.29 is 22.7 Å². The number of benzene rings is 2. The number of nitrogens with two attached hydrogens (primary N) is 1. The Hall–Kier alpha value is -2.93. The molecule has 0 radical (unpaired) electrons. The second kappa shape index (κ2) is 13.2. The van der Waals surface area contributed by atoms with Crippen LogP contribution in [0.1, 0.15) is 19.3 Å². The molecule has 208 valence electrons. The monoisotopic (exact) mass is 566 g/mol. The van der Waals surface area contributed by atoms with E-state index in [0.29, 0.717) is 45.9 Å². The summed E-state index contributed by atoms with van der Waals surface area (Å²) in [5, 5.41) is 12.1. The van der Waals surface area contributed by atoms with Crippen molar-refractivity contribution in [3.63, 3.8) is 0 Å². The van der Waals surface area contributed by atoms with Gasteiger partial charge < -0.3 is 25.6 Å². The predicted octanol–water partition coefficient (Wildman–Crippen LogP) is 0.879. The molecule has 2 aromatic carbocycles. The number of fused-ring (bicyclic) bond motifs is 1. The number of likely N-dealkylation sites (tertiary alicyclic amines) is 1. The minimum absolute atomic E-state index is 0. The number of sulfonamides is 1. The molecule has 0 aliphatic carbocycles. The lowest BCUT2D eigenvalue weighted by molar-refractivity contribution is -0.139. The Morgan fingerprint density at radius 3 is 2.50 bits per heavy atom. The number of nitrogens with zero attached hydrogens (tertiary/aromatic N) is 2. The molecule has 2 aromatic rings. The van der Waals surface area contributed by atoms with Crippen molar-refractivity contribution in [1.29, 1.82) is 5.41 Å². The van der Waals surface area contributed by atoms with Gasteiger partial charge in [0, 0.05) is 32.7 Å². The minimum Gasteiger partial charge on any atom is -0.378 e. The Kier molecular flexibility index (Phi) is 10.3. The largest absolute Gasteiger partial charge is 0.378 e. The first-order valence-corrected chi connectivity index (χ1v) is 13.9. The fourth-order valence-corrected chi connectivity index (χ4v) is 5.96. The smallest absolute Gasteiger partial charge is 0.241 e. The molecule has 4 rings (SSSR count). The van der Waals surface area contributed by atoms with E-state index in [1.54, 1.807) is 17.0 Å². The number of carbonyl (C=O) groups is 2. The summed E-state index contributed by atoms with van der Waals surface area (Å²) in [7, 11) is -4.09. The first-order chi connectivity index (χ1) is 17.7. The lowest BCUT2D eigenvalue weighted by atomic mass is 9.98. The third kappa shape index (κ3) is 7.56. The number of ether oxygens (including phenoxy) is 1. The fraction of sp³-hybridized carbons (Fsp3) is 0.480. The molecule has 2 heterocycles. The standard InChI is InChI=1S/C25H34N6O5S.ClH/c26-25(27)31-9-3-4-18(17-31)16-28-23(32)15-22(24(33)30-10-12-36-13-11-30)29-37(34,35)21-8-7-19-5-1-2-6-20(19)14-21;/h1-2,5-8,14,18,22,29H,3-4,9-13,15-17H2,(H3,26,27)(H,28,32);1H/t18?,22-;/m0./s1. The van der Waals surface area contributed by atoms with Crippen molar-refractivity contribution >= 4 is 51.0 Å². The molecule has 2 amide bonds. The van der Waals surface area contributed by atoms with E-state index in [1.165, 1.54) is 11.0 Å². The van der Waals surface area contributed by atoms with Crippen molar-refractivity contribution in [2.45, 2.75) is 30.2 Å². The Labute approximate surface area is 229 Å². The Morgan fingerprint density at radius 2 is 1.79 bits per heavy atom. The van der Waals surface area contributed by atoms with E-state index in [0.717, 1.165) is 23.6 Å². The van der Waals surface area contributed by atoms with Crippen molar-refractivity contribution in [1.82, 2.24) is 19.8 Å². The average molecular weight is 567 g/mol. The summed E-state index contributed by atoms with van der Waals surface area (Å²) in [6.45, 7) is 3.02. The van der Waals surface area contributed by atoms with Gasteiger partial charge in [-0.25, -0.2) is 8.42 Å². The lowest BCUT2D eigenvalue weighted by Gasteiger charge is -2.33. The maximum Gasteiger partial charge on any atom is 0.241 e. The number of halogens is 1. The maximum absolute atomic E-state index is 13.3. The number of morpholine rings is 1. The van der Waals surface area contributed by atoms with Crippen LogP contribution in [0.2, 0.25) is 0 Å². The van der Waals surface area contributed by atoms with E-state index >= 15 is 0 Å². The van der Waals surface area contributed by atoms with Crippen LogP contribution in [-0.4, -0.2) is 88.0 Å². The van der Waals surface area contributed by atoms with Crippen LogP contribution in [0.15, 0.2) is 47.4 Å². The number of piperidine rings is 1. The summed E-state index contributed by atoms with van der Waals surface area (Å²) in [4.78, 5) is 29.5. The van der Waals surface area contributed by atoms with Gasteiger partial charge in [-0.15, -0.1) is 12.4 Å². The number of carbonyl (C=O) groups excluding carboxylic acids is 2. The molecule has 5 N–H and O–H groups in total. The molecule has 11 nitrogen and oxygen atoms in total. The van der Waals surface area contributed by atoms with Gasteiger partial charge in [0.1, 0.15) is 6.04 Å². The third-order valence-corrected chi connectivity index (χ3v) is 8.26. The minimum atomic E-state index is -4.09. The molecular weight excluding hydrogens is 532 g/mol. The van der Waals surface area contributed by atoms with Crippen LogP contribution in [0.5, 0.6) is 0 Å². The number of hydrogen-bond donors (Lipinski definition) is 4. The number of hydrogen-bond acceptors (Lipinski definition) is 6. The number of guanidine groups is 1. The molecule has 2 saturated heterocycles. The quantitative estimate of drug-likeness (QED) is 0.273. The SMILES string of the molecule is Cl.N=C(N)N1CCCC(CNC(=O)C[C@H](NS(=O)(=O)c2ccc3ccccc3c2)C(=O)N2CCOCC2)C1. The zero-order valence-electron chi connectivity index (χ0n) is 21.1. The molecule has 0 spiro atoms. The van der Waals surface area contributed by atoms with E-state index in [2.05, 4.69) is 10.0 Å². The van der Waals surface area contributed by atoms with Crippen LogP contribution in [-0.2, 0) is 24.3 Å². The molecule has 38 heavy (non-hydrogen) atoms. The van der Waals surface area contributed by atoms with Crippen molar-refractivity contribution in [3.8, 4) is 0 Å². The average Bonchev–Trinajstić information content (AvgIpc) is 2.91. The normalized spacial score (nSPS) is 18.9. The Bertz CT molecular complexity index is 1250. The van der Waals surface area contributed by atoms with Crippen LogP contribution in [0, 0.1) is 11.3 Å². The highest BCUT2D eigenvalue weighted by molar-refractivity contribution is 7.89. The summed E-state index contributed by atoms with van der Waals surface area (Å²) in [6, 6.07) is 10.9. The summed E-state index contributed by atoms with van der Waals surface area (Å²) in [6.07, 6.45) is 1.42. The van der Waals surface area contributed by atoms with Gasteiger partial charge in [-0.1, -0.05) is 30.3 Å². The highest BCUT2D eigenvalue weighted by Gasteiger charge is 2.32. The number of amides is 2. The fourth-order valence-electron chi connectivity index (χ4n) is 4.74. The Morgan fingerprint density at radius 1 is 1.08 bits per heavy atom. The van der Waals surface area contributed by atoms with Gasteiger partial charge in [-0.05, 0) is 41.7 Å². The van der Waals surface area contributed by atoms with Gasteiger partial charge >= 0.3 is 0 Å². The number of nitrogens with one attached hydrogen (secondary N) is 3. The predicted molar refractivity (Wildman–Crippen MR) is 147 cm³/mol. The van der Waals surface area contributed by atoms with Crippen LogP contribution >= 0.6 is 12.4 Å². The number of rotatable bonds is 8. The van der Waals surface area contributed by atoms with Gasteiger partial charge in [0.25, 0.3) is 0 Å². The molecular formula is C25H35ClN6O5S. The van der Waals surface area contributed by atoms with Crippen LogP contribution in [0.25, 0.3) is 10.8 Å². The topological polar surface area (TPSA) is 158 Å². The second-order valence-corrected chi connectivity index (χ2v) is 11.2. The highest BCUT2D eigenvalue weighted by Crippen LogP contribution is 2.20. The van der Waals surface area contributed by atoms with Crippen LogP contribution < -0.4 is 15.8 Å². The summed E-state index contributed by atoms with van der Waals surface area (Å²) >= 11 is 0. The van der Waals surface area contributed by atoms with E-state index < -0.39 is 27.9 Å². The van der Waals surface area contributed by atoms with Crippen molar-refractivity contribution in [2.24, 2.45) is 11.7 Å². The van der Waals surface area contributed by atoms with Gasteiger partial charge in [0.05, 0.1) is 24.5 Å². The highest BCUT2D eigenvalue weighted by atomic mass is 35.5. The Balaban J connectivity index is 0.00000400. The first-order valence-electron chi connectivity index (χ1n) is 12.5. The molecule has 0 saturated carbocycles. The van der Waals surface area contributed by atoms with Crippen LogP contribution in [0.3, 0.4) is 0 Å².